The number of ether oxygens (including phenoxy) is 4. The first-order valence-electron chi connectivity index (χ1n) is 30.0. The topological polar surface area (TPSA) is 187 Å². The number of aryl methyl sites for hydroxylation is 2. The highest BCUT2D eigenvalue weighted by atomic mass is 16.5. The molecule has 5 heterocycles. The van der Waals surface area contributed by atoms with Crippen molar-refractivity contribution in [3.05, 3.63) is 171 Å². The predicted octanol–water partition coefficient (Wildman–Crippen LogP) is 10.4. The number of phenolic OH excluding ortho intramolecular Hbond substituents is 3. The number of aromatic nitrogens is 1. The van der Waals surface area contributed by atoms with Crippen molar-refractivity contribution in [1.29, 1.82) is 0 Å². The van der Waals surface area contributed by atoms with E-state index in [9.17, 15) is 30.6 Å². The molecule has 6 atom stereocenters. The van der Waals surface area contributed by atoms with E-state index in [1.54, 1.807) is 24.3 Å². The lowest BCUT2D eigenvalue weighted by Gasteiger charge is -2.54. The van der Waals surface area contributed by atoms with E-state index in [1.165, 1.54) is 42.4 Å². The van der Waals surface area contributed by atoms with E-state index >= 15 is 0 Å². The molecule has 1 saturated carbocycles. The van der Waals surface area contributed by atoms with Crippen LogP contribution in [0.25, 0.3) is 16.6 Å². The number of hydrogen-bond donors (Lipinski definition) is 8. The minimum atomic E-state index is -0.716. The Labute approximate surface area is 481 Å². The first kappa shape index (κ1) is 55.9. The smallest absolute Gasteiger partial charge is 0.161 e. The fourth-order valence-corrected chi connectivity index (χ4v) is 14.6. The number of hydrogen-bond acceptors (Lipinski definition) is 12. The summed E-state index contributed by atoms with van der Waals surface area (Å²) in [5.74, 6) is 9.25. The van der Waals surface area contributed by atoms with Crippen LogP contribution in [0.3, 0.4) is 0 Å². The van der Waals surface area contributed by atoms with E-state index in [-0.39, 0.29) is 79.2 Å². The van der Waals surface area contributed by atoms with Gasteiger partial charge in [0.1, 0.15) is 30.1 Å². The molecule has 430 valence electrons. The molecule has 1 unspecified atom stereocenters. The number of nitrogens with zero attached hydrogens (tertiary/aromatic N) is 1. The Kier molecular flexibility index (Phi) is 16.8. The largest absolute Gasteiger partial charge is 0.508 e. The van der Waals surface area contributed by atoms with Crippen molar-refractivity contribution in [3.8, 4) is 34.8 Å². The summed E-state index contributed by atoms with van der Waals surface area (Å²) in [6, 6.07) is 30.4. The van der Waals surface area contributed by atoms with E-state index in [0.717, 1.165) is 94.1 Å². The van der Waals surface area contributed by atoms with Crippen molar-refractivity contribution in [2.45, 2.75) is 145 Å². The summed E-state index contributed by atoms with van der Waals surface area (Å²) in [4.78, 5) is 0. The van der Waals surface area contributed by atoms with Crippen LogP contribution >= 0.6 is 0 Å². The molecule has 1 aromatic heterocycles. The lowest BCUT2D eigenvalue weighted by Crippen LogP contribution is -2.51. The standard InChI is InChI=1S/C69H79N3O10/c73-25-7-26-80-44-70-66-35-49-18-16-45(14-15-46-17-21-63(77)50(28-46)29-47-9-5-10-56(75)30-47)8-6-11-58-36-57(76)20-19-48-34-65(64(78)33-52(48)40-74)82-41-53-32-54(31-51-38-72(39-59(51)53)67(71-66)60(49)43-81-58)69-24-27-79-42-55(69)37-68(22-3-4-23-68)61-12-1-2-13-62(61)69/h1-2,5,9-10,12-13,17,21,28,30-35,38-39,45,55,57-58,66,70-71,73-78H,3-4,6-8,11,14-15,19-20,22-27,29,36-37,40-44H2/t45-,55-,57+,58-,66?,69-/m0/s1. The van der Waals surface area contributed by atoms with Crippen LogP contribution < -0.4 is 15.4 Å². The molecule has 13 heteroatoms. The molecule has 6 aliphatic rings. The number of aliphatic hydroxyl groups is 3. The number of phenols is 3. The van der Waals surface area contributed by atoms with Crippen molar-refractivity contribution in [1.82, 2.24) is 15.2 Å². The fraction of sp³-hybridized carbons (Fsp3) is 0.449. The Morgan fingerprint density at radius 2 is 1.70 bits per heavy atom. The van der Waals surface area contributed by atoms with Crippen LogP contribution in [0.1, 0.15) is 134 Å². The number of nitrogens with one attached hydrogen (secondary N) is 2. The summed E-state index contributed by atoms with van der Waals surface area (Å²) in [6.07, 6.45) is 18.1. The van der Waals surface area contributed by atoms with Gasteiger partial charge in [-0.1, -0.05) is 79.3 Å². The molecule has 0 radical (unpaired) electrons. The van der Waals surface area contributed by atoms with Crippen molar-refractivity contribution >= 4 is 16.6 Å². The Balaban J connectivity index is 0.976. The fourth-order valence-electron chi connectivity index (χ4n) is 14.6. The van der Waals surface area contributed by atoms with Crippen LogP contribution in [-0.2, 0) is 57.5 Å². The lowest BCUT2D eigenvalue weighted by molar-refractivity contribution is -0.00873. The van der Waals surface area contributed by atoms with Crippen LogP contribution in [0.2, 0.25) is 0 Å². The molecule has 1 saturated heterocycles. The molecule has 6 aromatic rings. The average Bonchev–Trinajstić information content (AvgIpc) is 1.43. The first-order valence-corrected chi connectivity index (χ1v) is 30.0. The molecule has 4 aliphatic heterocycles. The molecule has 0 amide bonds. The predicted molar refractivity (Wildman–Crippen MR) is 316 cm³/mol. The van der Waals surface area contributed by atoms with E-state index in [0.29, 0.717) is 69.7 Å². The van der Waals surface area contributed by atoms with Gasteiger partial charge in [-0.3, -0.25) is 5.32 Å². The third kappa shape index (κ3) is 11.7. The van der Waals surface area contributed by atoms with Gasteiger partial charge >= 0.3 is 0 Å². The molecule has 13 nitrogen and oxygen atoms in total. The molecule has 2 fully saturated rings. The second-order valence-corrected chi connectivity index (χ2v) is 24.0. The van der Waals surface area contributed by atoms with E-state index in [4.69, 9.17) is 18.9 Å². The van der Waals surface area contributed by atoms with Crippen LogP contribution in [0.15, 0.2) is 121 Å². The summed E-state index contributed by atoms with van der Waals surface area (Å²) in [5.41, 5.74) is 10.9. The van der Waals surface area contributed by atoms with Gasteiger partial charge in [0, 0.05) is 65.3 Å². The molecule has 1 spiro atoms. The first-order chi connectivity index (χ1) is 40.1. The number of aliphatic hydroxyl groups excluding tert-OH is 3. The maximum atomic E-state index is 11.9. The average molecular weight is 1110 g/mol. The van der Waals surface area contributed by atoms with Gasteiger partial charge in [-0.2, -0.15) is 0 Å². The van der Waals surface area contributed by atoms with Crippen molar-refractivity contribution < 1.29 is 49.6 Å². The second-order valence-electron chi connectivity index (χ2n) is 24.0. The van der Waals surface area contributed by atoms with Crippen LogP contribution in [0.5, 0.6) is 23.0 Å². The minimum absolute atomic E-state index is 0.0138. The summed E-state index contributed by atoms with van der Waals surface area (Å²) >= 11 is 0. The van der Waals surface area contributed by atoms with Crippen molar-refractivity contribution in [2.24, 2.45) is 11.8 Å². The van der Waals surface area contributed by atoms with Gasteiger partial charge < -0.3 is 59.5 Å². The van der Waals surface area contributed by atoms with Gasteiger partial charge in [0.15, 0.2) is 11.5 Å². The maximum absolute atomic E-state index is 11.9. The van der Waals surface area contributed by atoms with E-state index in [1.807, 2.05) is 24.3 Å². The third-order valence-corrected chi connectivity index (χ3v) is 18.8. The monoisotopic (exact) mass is 1110 g/mol. The van der Waals surface area contributed by atoms with Gasteiger partial charge in [-0.15, -0.1) is 0 Å². The number of benzene rings is 5. The number of dihydropyridines is 1. The molecule has 2 aliphatic carbocycles. The van der Waals surface area contributed by atoms with Crippen molar-refractivity contribution in [2.75, 3.05) is 39.8 Å². The van der Waals surface area contributed by atoms with Crippen LogP contribution in [0, 0.1) is 23.7 Å². The molecular formula is C69H79N3O10. The SMILES string of the molecule is OCCCOCNC1C=C2C#C[C@H](CCc3ccc(O)c(Cc4cccc(O)c4)c3)CCC[C@H]3C[C@H](O)CCc4cc(c(O)cc4CO)OCc4cc([C@@]56CCOC[C@@H]5CC5(CCCC5)c5ccccc56)cc5cn(cc45)C(=C2CO3)N1. The lowest BCUT2D eigenvalue weighted by atomic mass is 9.51. The molecule has 6 bridgehead atoms. The highest BCUT2D eigenvalue weighted by Gasteiger charge is 2.55. The summed E-state index contributed by atoms with van der Waals surface area (Å²) in [6.45, 7) is 2.16. The summed E-state index contributed by atoms with van der Waals surface area (Å²) < 4.78 is 28.4. The van der Waals surface area contributed by atoms with Crippen LogP contribution in [-0.4, -0.2) is 93.3 Å². The number of aromatic hydroxyl groups is 3. The normalized spacial score (nSPS) is 24.3. The van der Waals surface area contributed by atoms with E-state index < -0.39 is 12.3 Å². The van der Waals surface area contributed by atoms with Gasteiger partial charge in [-0.05, 0) is 187 Å². The Hall–Kier alpha value is -6.60. The highest BCUT2D eigenvalue weighted by molar-refractivity contribution is 5.89. The summed E-state index contributed by atoms with van der Waals surface area (Å²) in [7, 11) is 0. The number of rotatable bonds is 13. The maximum Gasteiger partial charge on any atom is 0.161 e. The minimum Gasteiger partial charge on any atom is -0.508 e. The zero-order valence-corrected chi connectivity index (χ0v) is 47.0. The van der Waals surface area contributed by atoms with Gasteiger partial charge in [0.05, 0.1) is 45.4 Å². The molecule has 5 aromatic carbocycles. The second kappa shape index (κ2) is 24.7. The van der Waals surface area contributed by atoms with Gasteiger partial charge in [0.25, 0.3) is 0 Å². The Morgan fingerprint density at radius 1 is 0.817 bits per heavy atom. The molecule has 8 N–H and O–H groups in total. The Bertz CT molecular complexity index is 3400. The van der Waals surface area contributed by atoms with Crippen LogP contribution in [0.4, 0.5) is 0 Å². The number of fused-ring (bicyclic) bond motifs is 10. The molecule has 82 heavy (non-hydrogen) atoms. The van der Waals surface area contributed by atoms with E-state index in [2.05, 4.69) is 88.0 Å². The quantitative estimate of drug-likeness (QED) is 0.0311. The highest BCUT2D eigenvalue weighted by Crippen LogP contribution is 2.60. The van der Waals surface area contributed by atoms with Gasteiger partial charge in [0.2, 0.25) is 0 Å². The third-order valence-electron chi connectivity index (χ3n) is 18.8. The zero-order chi connectivity index (χ0) is 56.2. The Morgan fingerprint density at radius 3 is 2.55 bits per heavy atom. The molecule has 12 rings (SSSR count). The van der Waals surface area contributed by atoms with Crippen molar-refractivity contribution in [3.63, 3.8) is 0 Å². The summed E-state index contributed by atoms with van der Waals surface area (Å²) in [5, 5.41) is 74.0. The molecular weight excluding hydrogens is 1030 g/mol. The zero-order valence-electron chi connectivity index (χ0n) is 47.0. The van der Waals surface area contributed by atoms with Gasteiger partial charge in [-0.25, -0.2) is 0 Å².